The Labute approximate surface area is 97.6 Å². The van der Waals surface area contributed by atoms with Crippen LogP contribution in [0.15, 0.2) is 6.07 Å². The van der Waals surface area contributed by atoms with Gasteiger partial charge in [-0.25, -0.2) is 9.59 Å². The number of hydrogen-bond donors (Lipinski definition) is 1. The van der Waals surface area contributed by atoms with Gasteiger partial charge in [-0.05, 0) is 0 Å². The fourth-order valence-electron chi connectivity index (χ4n) is 0.822. The monoisotopic (exact) mass is 246 g/mol. The van der Waals surface area contributed by atoms with E-state index >= 15 is 0 Å². The van der Waals surface area contributed by atoms with E-state index in [9.17, 15) is 14.7 Å². The van der Waals surface area contributed by atoms with Crippen molar-refractivity contribution in [3.8, 4) is 5.75 Å². The lowest BCUT2D eigenvalue weighted by Gasteiger charge is -1.94. The largest absolute Gasteiger partial charge is 0.506 e. The van der Waals surface area contributed by atoms with Crippen LogP contribution in [0.3, 0.4) is 0 Å². The molecule has 0 aliphatic rings. The van der Waals surface area contributed by atoms with Crippen molar-refractivity contribution in [2.24, 2.45) is 0 Å². The first-order valence-electron chi connectivity index (χ1n) is 4.59. The predicted molar refractivity (Wildman–Crippen MR) is 60.0 cm³/mol. The molecule has 0 saturated heterocycles. The fourth-order valence-corrected chi connectivity index (χ4v) is 1.71. The van der Waals surface area contributed by atoms with Gasteiger partial charge in [0.2, 0.25) is 0 Å². The zero-order valence-corrected chi connectivity index (χ0v) is 10.4. The standard InChI is InChI=1S/C8H8O5S.C2H6/c1-12-7(10)5-3-4(9)6(14-5)8(11)13-2;1-2/h3,9H,1-2H3;1-2H3. The summed E-state index contributed by atoms with van der Waals surface area (Å²) in [5, 5.41) is 9.28. The Balaban J connectivity index is 0.00000106. The number of thiophene rings is 1. The number of methoxy groups -OCH3 is 2. The highest BCUT2D eigenvalue weighted by molar-refractivity contribution is 7.16. The SMILES string of the molecule is CC.COC(=O)c1cc(O)c(C(=O)OC)s1. The molecule has 5 nitrogen and oxygen atoms in total. The second kappa shape index (κ2) is 6.84. The summed E-state index contributed by atoms with van der Waals surface area (Å²) >= 11 is 0.826. The van der Waals surface area contributed by atoms with E-state index in [1.165, 1.54) is 20.3 Å². The summed E-state index contributed by atoms with van der Waals surface area (Å²) in [6, 6.07) is 1.17. The molecule has 0 spiro atoms. The molecule has 0 aliphatic heterocycles. The van der Waals surface area contributed by atoms with Crippen LogP contribution in [0.2, 0.25) is 0 Å². The van der Waals surface area contributed by atoms with E-state index in [1.54, 1.807) is 0 Å². The molecule has 1 heterocycles. The summed E-state index contributed by atoms with van der Waals surface area (Å²) < 4.78 is 8.83. The average molecular weight is 246 g/mol. The van der Waals surface area contributed by atoms with Gasteiger partial charge in [-0.3, -0.25) is 0 Å². The van der Waals surface area contributed by atoms with Crippen molar-refractivity contribution in [1.29, 1.82) is 0 Å². The molecule has 1 rings (SSSR count). The smallest absolute Gasteiger partial charge is 0.351 e. The van der Waals surface area contributed by atoms with Crippen LogP contribution < -0.4 is 0 Å². The van der Waals surface area contributed by atoms with Gasteiger partial charge < -0.3 is 14.6 Å². The molecule has 0 radical (unpaired) electrons. The van der Waals surface area contributed by atoms with E-state index in [-0.39, 0.29) is 15.5 Å². The number of ether oxygens (including phenoxy) is 2. The van der Waals surface area contributed by atoms with E-state index in [1.807, 2.05) is 13.8 Å². The summed E-state index contributed by atoms with van der Waals surface area (Å²) in [7, 11) is 2.41. The molecule has 6 heteroatoms. The van der Waals surface area contributed by atoms with Crippen molar-refractivity contribution in [3.63, 3.8) is 0 Å². The number of carbonyl (C=O) groups is 2. The molecule has 0 aliphatic carbocycles. The molecular weight excluding hydrogens is 232 g/mol. The molecule has 0 saturated carbocycles. The van der Waals surface area contributed by atoms with Crippen molar-refractivity contribution in [2.45, 2.75) is 13.8 Å². The zero-order valence-electron chi connectivity index (χ0n) is 9.57. The lowest BCUT2D eigenvalue weighted by molar-refractivity contribution is 0.0596. The Morgan fingerprint density at radius 2 is 1.69 bits per heavy atom. The lowest BCUT2D eigenvalue weighted by atomic mass is 10.4. The molecule has 1 aromatic rings. The minimum absolute atomic E-state index is 0.00657. The number of esters is 2. The Morgan fingerprint density at radius 3 is 2.12 bits per heavy atom. The van der Waals surface area contributed by atoms with E-state index in [0.717, 1.165) is 11.3 Å². The third-order valence-electron chi connectivity index (χ3n) is 1.47. The molecule has 0 unspecified atom stereocenters. The molecule has 1 aromatic heterocycles. The second-order valence-electron chi connectivity index (χ2n) is 2.31. The normalized spacial score (nSPS) is 8.75. The Bertz CT molecular complexity index is 369. The second-order valence-corrected chi connectivity index (χ2v) is 3.36. The van der Waals surface area contributed by atoms with E-state index in [0.29, 0.717) is 0 Å². The summed E-state index contributed by atoms with van der Waals surface area (Å²) in [5.41, 5.74) is 0. The van der Waals surface area contributed by atoms with Gasteiger partial charge in [-0.1, -0.05) is 13.8 Å². The number of hydrogen-bond acceptors (Lipinski definition) is 6. The van der Waals surface area contributed by atoms with Gasteiger partial charge in [-0.15, -0.1) is 11.3 Å². The quantitative estimate of drug-likeness (QED) is 0.808. The van der Waals surface area contributed by atoms with Crippen molar-refractivity contribution < 1.29 is 24.2 Å². The molecule has 1 N–H and O–H groups in total. The average Bonchev–Trinajstić information content (AvgIpc) is 2.72. The van der Waals surface area contributed by atoms with E-state index < -0.39 is 11.9 Å². The van der Waals surface area contributed by atoms with E-state index in [2.05, 4.69) is 9.47 Å². The lowest BCUT2D eigenvalue weighted by Crippen LogP contribution is -1.98. The van der Waals surface area contributed by atoms with Crippen LogP contribution in [-0.4, -0.2) is 31.3 Å². The van der Waals surface area contributed by atoms with Crippen LogP contribution in [0.25, 0.3) is 0 Å². The zero-order chi connectivity index (χ0) is 12.7. The molecule has 0 amide bonds. The summed E-state index contributed by atoms with van der Waals surface area (Å²) in [4.78, 5) is 22.2. The van der Waals surface area contributed by atoms with Crippen LogP contribution in [0.1, 0.15) is 33.2 Å². The van der Waals surface area contributed by atoms with Gasteiger partial charge in [0, 0.05) is 6.07 Å². The van der Waals surface area contributed by atoms with Crippen LogP contribution in [0.5, 0.6) is 5.75 Å². The van der Waals surface area contributed by atoms with Crippen molar-refractivity contribution in [3.05, 3.63) is 15.8 Å². The van der Waals surface area contributed by atoms with Gasteiger partial charge in [-0.2, -0.15) is 0 Å². The fraction of sp³-hybridized carbons (Fsp3) is 0.400. The van der Waals surface area contributed by atoms with Crippen molar-refractivity contribution in [1.82, 2.24) is 0 Å². The topological polar surface area (TPSA) is 72.8 Å². The van der Waals surface area contributed by atoms with Crippen molar-refractivity contribution >= 4 is 23.3 Å². The highest BCUT2D eigenvalue weighted by atomic mass is 32.1. The Hall–Kier alpha value is -1.56. The van der Waals surface area contributed by atoms with Gasteiger partial charge >= 0.3 is 11.9 Å². The first-order chi connectivity index (χ1) is 7.60. The molecule has 16 heavy (non-hydrogen) atoms. The number of aromatic hydroxyl groups is 1. The first kappa shape index (κ1) is 14.4. The van der Waals surface area contributed by atoms with E-state index in [4.69, 9.17) is 0 Å². The molecule has 0 atom stereocenters. The summed E-state index contributed by atoms with van der Waals surface area (Å²) in [6.07, 6.45) is 0. The maximum atomic E-state index is 11.0. The highest BCUT2D eigenvalue weighted by Crippen LogP contribution is 2.29. The Morgan fingerprint density at radius 1 is 1.19 bits per heavy atom. The summed E-state index contributed by atoms with van der Waals surface area (Å²) in [6.45, 7) is 4.00. The predicted octanol–water partition coefficient (Wildman–Crippen LogP) is 2.05. The van der Waals surface area contributed by atoms with Crippen LogP contribution in [-0.2, 0) is 9.47 Å². The molecule has 90 valence electrons. The van der Waals surface area contributed by atoms with Gasteiger partial charge in [0.25, 0.3) is 0 Å². The summed E-state index contributed by atoms with van der Waals surface area (Å²) in [5.74, 6) is -1.55. The Kier molecular flexibility index (Phi) is 6.17. The number of rotatable bonds is 2. The van der Waals surface area contributed by atoms with Gasteiger partial charge in [0.1, 0.15) is 10.6 Å². The minimum atomic E-state index is -0.678. The first-order valence-corrected chi connectivity index (χ1v) is 5.41. The third-order valence-corrected chi connectivity index (χ3v) is 2.55. The van der Waals surface area contributed by atoms with Crippen molar-refractivity contribution in [2.75, 3.05) is 14.2 Å². The maximum Gasteiger partial charge on any atom is 0.351 e. The van der Waals surface area contributed by atoms with Crippen LogP contribution in [0, 0.1) is 0 Å². The van der Waals surface area contributed by atoms with Gasteiger partial charge in [0.05, 0.1) is 14.2 Å². The van der Waals surface area contributed by atoms with Crippen LogP contribution in [0.4, 0.5) is 0 Å². The van der Waals surface area contributed by atoms with Crippen LogP contribution >= 0.6 is 11.3 Å². The molecular formula is C10H14O5S. The molecule has 0 bridgehead atoms. The minimum Gasteiger partial charge on any atom is -0.506 e. The molecule has 0 fully saturated rings. The molecule has 0 aromatic carbocycles. The third kappa shape index (κ3) is 3.23. The highest BCUT2D eigenvalue weighted by Gasteiger charge is 2.19. The maximum absolute atomic E-state index is 11.0. The number of carbonyl (C=O) groups excluding carboxylic acids is 2. The van der Waals surface area contributed by atoms with Gasteiger partial charge in [0.15, 0.2) is 4.88 Å².